The van der Waals surface area contributed by atoms with Gasteiger partial charge in [0.2, 0.25) is 0 Å². The average molecular weight is 913 g/mol. The van der Waals surface area contributed by atoms with Crippen molar-refractivity contribution in [3.8, 4) is 33.6 Å². The third-order valence-electron chi connectivity index (χ3n) is 14.3. The van der Waals surface area contributed by atoms with Gasteiger partial charge in [0.05, 0.1) is 33.2 Å². The number of para-hydroxylation sites is 3. The van der Waals surface area contributed by atoms with E-state index in [1.807, 2.05) is 77.4 Å². The third kappa shape index (κ3) is 6.00. The summed E-state index contributed by atoms with van der Waals surface area (Å²) >= 11 is 0. The van der Waals surface area contributed by atoms with Crippen LogP contribution in [-0.2, 0) is 0 Å². The molecule has 0 saturated heterocycles. The highest BCUT2D eigenvalue weighted by atomic mass is 28.3. The largest absolute Gasteiger partial charge is 0.456 e. The number of nitrogens with zero attached hydrogens (tertiary/aromatic N) is 2. The predicted octanol–water partition coefficient (Wildman–Crippen LogP) is 14.5. The lowest BCUT2D eigenvalue weighted by atomic mass is 9.92. The normalized spacial score (nSPS) is 12.8. The number of hydrogen-bond donors (Lipinski definition) is 0. The third-order valence-corrected chi connectivity index (χ3v) is 18.9. The van der Waals surface area contributed by atoms with Crippen LogP contribution >= 0.6 is 0 Å². The van der Waals surface area contributed by atoms with Crippen molar-refractivity contribution in [1.82, 2.24) is 9.13 Å². The van der Waals surface area contributed by atoms with Gasteiger partial charge in [0.1, 0.15) is 11.2 Å². The van der Waals surface area contributed by atoms with Crippen molar-refractivity contribution in [2.75, 3.05) is 0 Å². The number of aromatic nitrogens is 2. The van der Waals surface area contributed by atoms with Crippen molar-refractivity contribution in [2.24, 2.45) is 0 Å². The molecule has 0 bridgehead atoms. The lowest BCUT2D eigenvalue weighted by molar-refractivity contribution is 0.669. The summed E-state index contributed by atoms with van der Waals surface area (Å²) in [5.74, 6) is 0. The molecule has 0 unspecified atom stereocenters. The van der Waals surface area contributed by atoms with Crippen LogP contribution in [0.3, 0.4) is 0 Å². The molecule has 3 heterocycles. The zero-order valence-corrected chi connectivity index (χ0v) is 38.9. The standard InChI is InChI=1S/C66H44N2OSi/c1-4-21-45(22-5-1)51-29-10-11-30-52(51)54-34-19-37-60-65(54)55-32-12-16-36-59(55)68(60)62-39-20-38-61-66(62)56-33-13-15-35-58(56)67(61)46-23-18-28-49(43-46)70(47-24-6-2-7-25-47,48-26-8-3-9-27-48)50-41-42-64-57(44-50)53-31-14-17-40-63(53)69-64/h1-44H/i18D,23D,28D,43D. The van der Waals surface area contributed by atoms with E-state index in [2.05, 4.69) is 174 Å². The van der Waals surface area contributed by atoms with Crippen molar-refractivity contribution in [3.05, 3.63) is 267 Å². The van der Waals surface area contributed by atoms with Crippen molar-refractivity contribution < 1.29 is 9.90 Å². The smallest absolute Gasteiger partial charge is 0.179 e. The van der Waals surface area contributed by atoms with Gasteiger partial charge >= 0.3 is 0 Å². The van der Waals surface area contributed by atoms with Gasteiger partial charge in [0.15, 0.2) is 8.07 Å². The van der Waals surface area contributed by atoms with E-state index in [9.17, 15) is 5.48 Å². The first kappa shape index (κ1) is 36.1. The maximum atomic E-state index is 10.8. The van der Waals surface area contributed by atoms with Crippen molar-refractivity contribution in [1.29, 1.82) is 0 Å². The van der Waals surface area contributed by atoms with Crippen molar-refractivity contribution in [3.63, 3.8) is 0 Å². The molecule has 11 aromatic carbocycles. The van der Waals surface area contributed by atoms with Gasteiger partial charge in [0.25, 0.3) is 0 Å². The molecular formula is C66H44N2OSi. The molecule has 0 spiro atoms. The Hall–Kier alpha value is -8.96. The Balaban J connectivity index is 1.07. The minimum absolute atomic E-state index is 0.0548. The van der Waals surface area contributed by atoms with Crippen LogP contribution in [0.2, 0.25) is 0 Å². The van der Waals surface area contributed by atoms with E-state index in [4.69, 9.17) is 4.42 Å². The Morgan fingerprint density at radius 1 is 0.357 bits per heavy atom. The molecular weight excluding hydrogens is 865 g/mol. The van der Waals surface area contributed by atoms with Gasteiger partial charge in [0, 0.05) is 38.0 Å². The second-order valence-corrected chi connectivity index (χ2v) is 21.7. The highest BCUT2D eigenvalue weighted by molar-refractivity contribution is 7.20. The molecule has 0 aliphatic rings. The van der Waals surface area contributed by atoms with Gasteiger partial charge in [-0.05, 0) is 97.6 Å². The minimum atomic E-state index is -3.71. The Bertz CT molecular complexity index is 4500. The molecule has 0 aliphatic heterocycles. The van der Waals surface area contributed by atoms with Gasteiger partial charge in [-0.1, -0.05) is 212 Å². The highest BCUT2D eigenvalue weighted by Crippen LogP contribution is 2.44. The SMILES string of the molecule is [2H]c1c([2H])c(-n2c3ccccc3c3c(-n4c5ccccc5c5c(-c6ccccc6-c6ccccc6)cccc54)cccc32)c([2H])c([Si](c2ccccc2)(c2ccccc2)c2ccc3oc4ccccc4c3c2)c1[2H]. The number of benzene rings is 11. The van der Waals surface area contributed by atoms with E-state index in [0.29, 0.717) is 5.19 Å². The maximum absolute atomic E-state index is 10.8. The molecule has 14 rings (SSSR count). The molecule has 0 amide bonds. The molecule has 14 aromatic rings. The van der Waals surface area contributed by atoms with Crippen LogP contribution in [0.4, 0.5) is 0 Å². The number of hydrogen-bond acceptors (Lipinski definition) is 1. The van der Waals surface area contributed by atoms with Crippen LogP contribution in [0.25, 0.3) is 99.2 Å². The van der Waals surface area contributed by atoms with E-state index < -0.39 is 8.07 Å². The van der Waals surface area contributed by atoms with Crippen LogP contribution in [0, 0.1) is 0 Å². The molecule has 0 N–H and O–H groups in total. The molecule has 0 fully saturated rings. The van der Waals surface area contributed by atoms with E-state index >= 15 is 0 Å². The van der Waals surface area contributed by atoms with Gasteiger partial charge < -0.3 is 13.6 Å². The summed E-state index contributed by atoms with van der Waals surface area (Å²) in [6.07, 6.45) is 0. The summed E-state index contributed by atoms with van der Waals surface area (Å²) in [4.78, 5) is 0. The lowest BCUT2D eigenvalue weighted by Gasteiger charge is -2.34. The van der Waals surface area contributed by atoms with Crippen molar-refractivity contribution >= 4 is 94.4 Å². The van der Waals surface area contributed by atoms with E-state index in [0.717, 1.165) is 109 Å². The van der Waals surface area contributed by atoms with Crippen LogP contribution < -0.4 is 20.7 Å². The molecule has 3 nitrogen and oxygen atoms in total. The van der Waals surface area contributed by atoms with Crippen molar-refractivity contribution in [2.45, 2.75) is 0 Å². The summed E-state index contributed by atoms with van der Waals surface area (Å²) in [5, 5.41) is 9.41. The summed E-state index contributed by atoms with van der Waals surface area (Å²) in [6, 6.07) is 83.3. The van der Waals surface area contributed by atoms with Crippen LogP contribution in [-0.4, -0.2) is 17.2 Å². The molecule has 0 atom stereocenters. The molecule has 70 heavy (non-hydrogen) atoms. The second kappa shape index (κ2) is 16.1. The second-order valence-electron chi connectivity index (χ2n) is 18.0. The summed E-state index contributed by atoms with van der Waals surface area (Å²) < 4.78 is 51.4. The summed E-state index contributed by atoms with van der Waals surface area (Å²) in [6.45, 7) is 0. The van der Waals surface area contributed by atoms with Crippen LogP contribution in [0.15, 0.2) is 271 Å². The maximum Gasteiger partial charge on any atom is 0.179 e. The zero-order chi connectivity index (χ0) is 49.7. The first-order chi connectivity index (χ1) is 36.4. The van der Waals surface area contributed by atoms with E-state index in [1.165, 1.54) is 0 Å². The van der Waals surface area contributed by atoms with Crippen LogP contribution in [0.1, 0.15) is 5.48 Å². The minimum Gasteiger partial charge on any atom is -0.456 e. The summed E-state index contributed by atoms with van der Waals surface area (Å²) in [5.41, 5.74) is 11.1. The quantitative estimate of drug-likeness (QED) is 0.110. The fraction of sp³-hybridized carbons (Fsp3) is 0. The highest BCUT2D eigenvalue weighted by Gasteiger charge is 2.42. The molecule has 328 valence electrons. The zero-order valence-electron chi connectivity index (χ0n) is 41.9. The van der Waals surface area contributed by atoms with Crippen LogP contribution in [0.5, 0.6) is 0 Å². The van der Waals surface area contributed by atoms with Gasteiger partial charge in [-0.15, -0.1) is 0 Å². The lowest BCUT2D eigenvalue weighted by Crippen LogP contribution is -2.74. The molecule has 3 aromatic heterocycles. The molecule has 0 saturated carbocycles. The number of furan rings is 1. The van der Waals surface area contributed by atoms with Gasteiger partial charge in [-0.2, -0.15) is 0 Å². The monoisotopic (exact) mass is 912 g/mol. The molecule has 4 heteroatoms. The van der Waals surface area contributed by atoms with Gasteiger partial charge in [-0.25, -0.2) is 0 Å². The Kier molecular flexibility index (Phi) is 8.30. The molecule has 0 radical (unpaired) electrons. The fourth-order valence-corrected chi connectivity index (χ4v) is 15.9. The van der Waals surface area contributed by atoms with E-state index in [1.54, 1.807) is 0 Å². The fourth-order valence-electron chi connectivity index (χ4n) is 11.4. The Morgan fingerprint density at radius 3 is 1.64 bits per heavy atom. The summed E-state index contributed by atoms with van der Waals surface area (Å²) in [7, 11) is -3.71. The predicted molar refractivity (Wildman–Crippen MR) is 297 cm³/mol. The average Bonchev–Trinajstić information content (AvgIpc) is 4.20. The molecule has 0 aliphatic carbocycles. The van der Waals surface area contributed by atoms with E-state index in [-0.39, 0.29) is 29.9 Å². The number of rotatable bonds is 8. The number of fused-ring (bicyclic) bond motifs is 9. The topological polar surface area (TPSA) is 23.0 Å². The Morgan fingerprint density at radius 2 is 0.900 bits per heavy atom. The first-order valence-electron chi connectivity index (χ1n) is 25.8. The Labute approximate surface area is 412 Å². The first-order valence-corrected chi connectivity index (χ1v) is 25.8. The van der Waals surface area contributed by atoms with Gasteiger partial charge in [-0.3, -0.25) is 0 Å².